The summed E-state index contributed by atoms with van der Waals surface area (Å²) in [4.78, 5) is 30.0. The van der Waals surface area contributed by atoms with Crippen LogP contribution in [0.1, 0.15) is 47.3 Å². The molecule has 14 heteroatoms. The van der Waals surface area contributed by atoms with E-state index < -0.39 is 54.3 Å². The Kier molecular flexibility index (Phi) is 6.95. The van der Waals surface area contributed by atoms with Crippen molar-refractivity contribution in [2.24, 2.45) is 13.0 Å². The zero-order valence-corrected chi connectivity index (χ0v) is 20.1. The second-order valence-corrected chi connectivity index (χ2v) is 9.12. The highest BCUT2D eigenvalue weighted by Crippen LogP contribution is 2.38. The summed E-state index contributed by atoms with van der Waals surface area (Å²) in [6.45, 7) is 2.35. The van der Waals surface area contributed by atoms with Crippen LogP contribution in [0.4, 0.5) is 26.3 Å². The largest absolute Gasteiger partial charge is 0.419 e. The molecule has 0 spiro atoms. The second kappa shape index (κ2) is 9.71. The van der Waals surface area contributed by atoms with Crippen molar-refractivity contribution in [1.29, 1.82) is 0 Å². The van der Waals surface area contributed by atoms with Crippen molar-refractivity contribution < 1.29 is 31.1 Å². The number of piperidine rings is 1. The fourth-order valence-electron chi connectivity index (χ4n) is 4.52. The first-order chi connectivity index (χ1) is 17.3. The molecule has 4 heterocycles. The van der Waals surface area contributed by atoms with Crippen molar-refractivity contribution in [3.8, 4) is 11.4 Å². The molecular weight excluding hydrogens is 504 g/mol. The maximum atomic E-state index is 14.6. The zero-order valence-electron chi connectivity index (χ0n) is 20.1. The minimum atomic E-state index is -4.59. The summed E-state index contributed by atoms with van der Waals surface area (Å²) < 4.78 is 82.4. The number of nitrogens with zero attached hydrogens (tertiary/aromatic N) is 7. The number of rotatable bonds is 5. The predicted octanol–water partition coefficient (Wildman–Crippen LogP) is 4.25. The SMILES string of the molecule is Cc1c(-c2ncc(F)cn2)c(C(=O)N2CC(F)(F)C[C@@H](C)[C@H]2CCc2ncc(C(F)(F)F)cn2)nn1C. The first kappa shape index (κ1) is 26.5. The standard InChI is InChI=1S/C23H23F6N7O/c1-12-6-22(25,26)11-36(16(12)4-5-17-30-7-14(8-31-17)23(27,28)29)21(37)19-18(13(2)35(3)34-19)20-32-9-15(24)10-33-20/h7-10,12,16H,4-6,11H2,1-3H3/t12-,16-/m1/s1. The lowest BCUT2D eigenvalue weighted by Gasteiger charge is -2.43. The number of aromatic nitrogens is 6. The normalized spacial score (nSPS) is 19.8. The van der Waals surface area contributed by atoms with Crippen LogP contribution in [0.2, 0.25) is 0 Å². The zero-order chi connectivity index (χ0) is 27.1. The van der Waals surface area contributed by atoms with Crippen LogP contribution in [0, 0.1) is 18.7 Å². The van der Waals surface area contributed by atoms with Gasteiger partial charge in [0, 0.05) is 44.0 Å². The van der Waals surface area contributed by atoms with Crippen LogP contribution in [-0.4, -0.2) is 59.0 Å². The maximum Gasteiger partial charge on any atom is 0.419 e. The highest BCUT2D eigenvalue weighted by molar-refractivity contribution is 5.99. The Hall–Kier alpha value is -3.58. The number of likely N-dealkylation sites (tertiary alicyclic amines) is 1. The molecule has 4 rings (SSSR count). The van der Waals surface area contributed by atoms with Crippen molar-refractivity contribution in [3.63, 3.8) is 0 Å². The highest BCUT2D eigenvalue weighted by Gasteiger charge is 2.47. The minimum absolute atomic E-state index is 0.0156. The summed E-state index contributed by atoms with van der Waals surface area (Å²) in [6.07, 6.45) is -1.67. The monoisotopic (exact) mass is 527 g/mol. The quantitative estimate of drug-likeness (QED) is 0.461. The summed E-state index contributed by atoms with van der Waals surface area (Å²) in [5.74, 6) is -5.16. The molecule has 3 aromatic rings. The van der Waals surface area contributed by atoms with Gasteiger partial charge in [-0.05, 0) is 19.3 Å². The molecule has 0 aliphatic carbocycles. The van der Waals surface area contributed by atoms with E-state index in [0.29, 0.717) is 18.1 Å². The average molecular weight is 527 g/mol. The summed E-state index contributed by atoms with van der Waals surface area (Å²) in [5, 5.41) is 4.22. The molecule has 3 aromatic heterocycles. The highest BCUT2D eigenvalue weighted by atomic mass is 19.4. The van der Waals surface area contributed by atoms with Crippen LogP contribution in [0.3, 0.4) is 0 Å². The van der Waals surface area contributed by atoms with E-state index in [9.17, 15) is 31.1 Å². The third-order valence-corrected chi connectivity index (χ3v) is 6.42. The summed E-state index contributed by atoms with van der Waals surface area (Å²) in [6, 6.07) is -0.692. The van der Waals surface area contributed by atoms with Gasteiger partial charge in [0.2, 0.25) is 0 Å². The van der Waals surface area contributed by atoms with Crippen LogP contribution >= 0.6 is 0 Å². The molecule has 1 fully saturated rings. The van der Waals surface area contributed by atoms with E-state index in [0.717, 1.165) is 17.3 Å². The molecule has 37 heavy (non-hydrogen) atoms. The second-order valence-electron chi connectivity index (χ2n) is 9.12. The minimum Gasteiger partial charge on any atom is -0.328 e. The Morgan fingerprint density at radius 2 is 1.73 bits per heavy atom. The lowest BCUT2D eigenvalue weighted by molar-refractivity contribution is -0.138. The molecule has 2 atom stereocenters. The smallest absolute Gasteiger partial charge is 0.328 e. The van der Waals surface area contributed by atoms with E-state index in [1.54, 1.807) is 20.9 Å². The molecule has 1 aliphatic heterocycles. The third kappa shape index (κ3) is 5.57. The number of hydrogen-bond acceptors (Lipinski definition) is 6. The molecule has 1 aliphatic rings. The van der Waals surface area contributed by atoms with E-state index in [4.69, 9.17) is 0 Å². The molecule has 1 amide bonds. The van der Waals surface area contributed by atoms with Crippen molar-refractivity contribution in [3.05, 3.63) is 53.4 Å². The number of carbonyl (C=O) groups is 1. The number of amides is 1. The lowest BCUT2D eigenvalue weighted by Crippen LogP contribution is -2.55. The van der Waals surface area contributed by atoms with Crippen LogP contribution in [0.5, 0.6) is 0 Å². The first-order valence-corrected chi connectivity index (χ1v) is 11.4. The van der Waals surface area contributed by atoms with Gasteiger partial charge in [-0.3, -0.25) is 9.48 Å². The Bertz CT molecular complexity index is 1270. The van der Waals surface area contributed by atoms with Gasteiger partial charge in [-0.15, -0.1) is 0 Å². The van der Waals surface area contributed by atoms with Gasteiger partial charge in [0.15, 0.2) is 17.3 Å². The fraction of sp³-hybridized carbons (Fsp3) is 0.478. The average Bonchev–Trinajstić information content (AvgIpc) is 3.11. The molecule has 198 valence electrons. The van der Waals surface area contributed by atoms with Crippen molar-refractivity contribution in [2.75, 3.05) is 6.54 Å². The molecule has 1 saturated heterocycles. The number of halogens is 6. The topological polar surface area (TPSA) is 89.7 Å². The van der Waals surface area contributed by atoms with Gasteiger partial charge in [0.1, 0.15) is 5.82 Å². The van der Waals surface area contributed by atoms with E-state index in [2.05, 4.69) is 25.0 Å². The fourth-order valence-corrected chi connectivity index (χ4v) is 4.52. The van der Waals surface area contributed by atoms with Crippen LogP contribution in [0.25, 0.3) is 11.4 Å². The van der Waals surface area contributed by atoms with E-state index in [1.165, 1.54) is 4.68 Å². The Morgan fingerprint density at radius 3 is 2.32 bits per heavy atom. The van der Waals surface area contributed by atoms with Crippen LogP contribution in [-0.2, 0) is 19.6 Å². The molecule has 0 radical (unpaired) electrons. The van der Waals surface area contributed by atoms with Gasteiger partial charge in [0.25, 0.3) is 11.8 Å². The van der Waals surface area contributed by atoms with Crippen LogP contribution < -0.4 is 0 Å². The molecule has 8 nitrogen and oxygen atoms in total. The molecule has 0 N–H and O–H groups in total. The number of hydrogen-bond donors (Lipinski definition) is 0. The molecular formula is C23H23F6N7O. The third-order valence-electron chi connectivity index (χ3n) is 6.42. The Labute approximate surface area is 207 Å². The Balaban J connectivity index is 1.64. The van der Waals surface area contributed by atoms with Crippen molar-refractivity contribution in [2.45, 2.75) is 51.3 Å². The van der Waals surface area contributed by atoms with Gasteiger partial charge in [-0.25, -0.2) is 33.1 Å². The van der Waals surface area contributed by atoms with Gasteiger partial charge in [-0.2, -0.15) is 18.3 Å². The van der Waals surface area contributed by atoms with Crippen LogP contribution in [0.15, 0.2) is 24.8 Å². The molecule has 0 saturated carbocycles. The first-order valence-electron chi connectivity index (χ1n) is 11.4. The van der Waals surface area contributed by atoms with E-state index in [1.807, 2.05) is 0 Å². The predicted molar refractivity (Wildman–Crippen MR) is 118 cm³/mol. The van der Waals surface area contributed by atoms with Gasteiger partial charge in [0.05, 0.1) is 30.1 Å². The summed E-state index contributed by atoms with van der Waals surface area (Å²) >= 11 is 0. The number of aryl methyl sites for hydroxylation is 2. The molecule has 0 bridgehead atoms. The molecule has 0 aromatic carbocycles. The number of carbonyl (C=O) groups excluding carboxylic acids is 1. The van der Waals surface area contributed by atoms with Crippen molar-refractivity contribution >= 4 is 5.91 Å². The van der Waals surface area contributed by atoms with Gasteiger partial charge < -0.3 is 4.90 Å². The van der Waals surface area contributed by atoms with E-state index in [-0.39, 0.29) is 35.7 Å². The number of alkyl halides is 5. The summed E-state index contributed by atoms with van der Waals surface area (Å²) in [5.41, 5.74) is -0.493. The van der Waals surface area contributed by atoms with Gasteiger partial charge >= 0.3 is 6.18 Å². The summed E-state index contributed by atoms with van der Waals surface area (Å²) in [7, 11) is 1.56. The van der Waals surface area contributed by atoms with Crippen molar-refractivity contribution in [1.82, 2.24) is 34.6 Å². The van der Waals surface area contributed by atoms with E-state index >= 15 is 0 Å². The van der Waals surface area contributed by atoms with Gasteiger partial charge in [-0.1, -0.05) is 6.92 Å². The molecule has 0 unspecified atom stereocenters. The Morgan fingerprint density at radius 1 is 1.11 bits per heavy atom. The lowest BCUT2D eigenvalue weighted by atomic mass is 9.85. The maximum absolute atomic E-state index is 14.6.